The maximum Gasteiger partial charge on any atom is 0.237 e. The molecule has 0 bridgehead atoms. The van der Waals surface area contributed by atoms with Gasteiger partial charge in [-0.2, -0.15) is 0 Å². The maximum atomic E-state index is 13.4. The Morgan fingerprint density at radius 3 is 2.62 bits per heavy atom. The number of para-hydroxylation sites is 1. The second kappa shape index (κ2) is 10.0. The first-order chi connectivity index (χ1) is 16.6. The third-order valence-corrected chi connectivity index (χ3v) is 7.88. The normalized spacial score (nSPS) is 15.6. The first-order valence-electron chi connectivity index (χ1n) is 11.2. The zero-order valence-corrected chi connectivity index (χ0v) is 20.7. The van der Waals surface area contributed by atoms with E-state index in [1.165, 1.54) is 17.3 Å². The van der Waals surface area contributed by atoms with Crippen molar-refractivity contribution in [1.82, 2.24) is 19.7 Å². The van der Waals surface area contributed by atoms with Crippen molar-refractivity contribution < 1.29 is 4.79 Å². The molecule has 0 spiro atoms. The van der Waals surface area contributed by atoms with Crippen LogP contribution in [-0.4, -0.2) is 43.2 Å². The Bertz CT molecular complexity index is 1290. The molecule has 2 aromatic carbocycles. The molecule has 34 heavy (non-hydrogen) atoms. The molecule has 2 aromatic heterocycles. The third-order valence-electron chi connectivity index (χ3n) is 5.73. The Morgan fingerprint density at radius 1 is 1.06 bits per heavy atom. The molecule has 0 N–H and O–H groups in total. The summed E-state index contributed by atoms with van der Waals surface area (Å²) in [6.45, 7) is 5.00. The molecule has 4 aromatic rings. The van der Waals surface area contributed by atoms with E-state index in [-0.39, 0.29) is 11.7 Å². The van der Waals surface area contributed by atoms with Gasteiger partial charge >= 0.3 is 0 Å². The summed E-state index contributed by atoms with van der Waals surface area (Å²) < 4.78 is 2.01. The Balaban J connectivity index is 1.43. The van der Waals surface area contributed by atoms with Crippen LogP contribution < -0.4 is 4.90 Å². The number of hydrogen-bond donors (Lipinski definition) is 0. The van der Waals surface area contributed by atoms with Gasteiger partial charge in [0.2, 0.25) is 5.91 Å². The van der Waals surface area contributed by atoms with E-state index in [4.69, 9.17) is 0 Å². The predicted octanol–water partition coefficient (Wildman–Crippen LogP) is 5.65. The largest absolute Gasteiger partial charge is 0.311 e. The van der Waals surface area contributed by atoms with Gasteiger partial charge in [-0.05, 0) is 49.7 Å². The summed E-state index contributed by atoms with van der Waals surface area (Å²) >= 11 is 3.26. The highest BCUT2D eigenvalue weighted by atomic mass is 32.2. The standard InChI is InChI=1S/C26H25N5OS2/c1-18-7-9-21(10-8-18)31-25(20-11-14-27-15-12-20)28-29-26(31)33-17-24(32)30-16-13-19(2)34-23-6-4-3-5-22(23)30/h3-12,14-15,19H,13,16-17H2,1-2H3/t19-/m0/s1. The van der Waals surface area contributed by atoms with E-state index in [0.717, 1.165) is 40.6 Å². The average molecular weight is 488 g/mol. The van der Waals surface area contributed by atoms with E-state index in [1.807, 2.05) is 51.6 Å². The molecule has 8 heteroatoms. The van der Waals surface area contributed by atoms with Gasteiger partial charge in [0.25, 0.3) is 0 Å². The number of anilines is 1. The van der Waals surface area contributed by atoms with Crippen LogP contribution in [-0.2, 0) is 4.79 Å². The zero-order valence-electron chi connectivity index (χ0n) is 19.1. The fourth-order valence-corrected chi connectivity index (χ4v) is 5.87. The second-order valence-corrected chi connectivity index (χ2v) is 10.7. The van der Waals surface area contributed by atoms with Gasteiger partial charge in [-0.25, -0.2) is 0 Å². The summed E-state index contributed by atoms with van der Waals surface area (Å²) in [6, 6.07) is 20.3. The van der Waals surface area contributed by atoms with Gasteiger partial charge in [0, 0.05) is 40.3 Å². The predicted molar refractivity (Wildman–Crippen MR) is 139 cm³/mol. The second-order valence-electron chi connectivity index (χ2n) is 8.23. The molecule has 0 aliphatic carbocycles. The number of benzene rings is 2. The quantitative estimate of drug-likeness (QED) is 0.339. The van der Waals surface area contributed by atoms with Crippen LogP contribution in [0.5, 0.6) is 0 Å². The van der Waals surface area contributed by atoms with Gasteiger partial charge in [-0.3, -0.25) is 14.3 Å². The highest BCUT2D eigenvalue weighted by molar-refractivity contribution is 8.00. The number of aryl methyl sites for hydroxylation is 1. The molecule has 172 valence electrons. The Morgan fingerprint density at radius 2 is 1.82 bits per heavy atom. The van der Waals surface area contributed by atoms with Gasteiger partial charge in [0.05, 0.1) is 11.4 Å². The van der Waals surface area contributed by atoms with Crippen molar-refractivity contribution in [1.29, 1.82) is 0 Å². The van der Waals surface area contributed by atoms with Gasteiger partial charge in [-0.15, -0.1) is 22.0 Å². The number of carbonyl (C=O) groups is 1. The monoisotopic (exact) mass is 487 g/mol. The highest BCUT2D eigenvalue weighted by Crippen LogP contribution is 2.38. The molecule has 0 fully saturated rings. The summed E-state index contributed by atoms with van der Waals surface area (Å²) in [4.78, 5) is 20.6. The van der Waals surface area contributed by atoms with Crippen molar-refractivity contribution in [3.05, 3.63) is 78.6 Å². The number of fused-ring (bicyclic) bond motifs is 1. The molecule has 1 aliphatic heterocycles. The van der Waals surface area contributed by atoms with E-state index < -0.39 is 0 Å². The topological polar surface area (TPSA) is 63.9 Å². The van der Waals surface area contributed by atoms with Gasteiger partial charge < -0.3 is 4.90 Å². The van der Waals surface area contributed by atoms with E-state index in [2.05, 4.69) is 59.4 Å². The fraction of sp³-hybridized carbons (Fsp3) is 0.231. The lowest BCUT2D eigenvalue weighted by molar-refractivity contribution is -0.116. The molecule has 6 nitrogen and oxygen atoms in total. The third kappa shape index (κ3) is 4.74. The number of hydrogen-bond acceptors (Lipinski definition) is 6. The van der Waals surface area contributed by atoms with Crippen molar-refractivity contribution in [2.45, 2.75) is 35.6 Å². The minimum Gasteiger partial charge on any atom is -0.311 e. The smallest absolute Gasteiger partial charge is 0.237 e. The number of carbonyl (C=O) groups excluding carboxylic acids is 1. The molecule has 0 saturated heterocycles. The molecular formula is C26H25N5OS2. The van der Waals surface area contributed by atoms with Crippen molar-refractivity contribution in [3.63, 3.8) is 0 Å². The molecule has 0 unspecified atom stereocenters. The van der Waals surface area contributed by atoms with Crippen LogP contribution in [0.3, 0.4) is 0 Å². The minimum atomic E-state index is 0.0797. The van der Waals surface area contributed by atoms with Crippen molar-refractivity contribution >= 4 is 35.1 Å². The number of pyridine rings is 1. The van der Waals surface area contributed by atoms with Crippen LogP contribution in [0.15, 0.2) is 83.1 Å². The zero-order chi connectivity index (χ0) is 23.5. The number of aromatic nitrogens is 4. The molecule has 5 rings (SSSR count). The first-order valence-corrected chi connectivity index (χ1v) is 13.1. The lowest BCUT2D eigenvalue weighted by Crippen LogP contribution is -2.33. The van der Waals surface area contributed by atoms with E-state index in [9.17, 15) is 4.79 Å². The Kier molecular flexibility index (Phi) is 6.69. The molecule has 1 atom stereocenters. The van der Waals surface area contributed by atoms with Crippen LogP contribution in [0.1, 0.15) is 18.9 Å². The molecule has 0 saturated carbocycles. The van der Waals surface area contributed by atoms with Crippen molar-refractivity contribution in [2.75, 3.05) is 17.2 Å². The van der Waals surface area contributed by atoms with Crippen LogP contribution in [0.2, 0.25) is 0 Å². The number of amides is 1. The van der Waals surface area contributed by atoms with E-state index in [0.29, 0.717) is 10.4 Å². The highest BCUT2D eigenvalue weighted by Gasteiger charge is 2.25. The summed E-state index contributed by atoms with van der Waals surface area (Å²) in [5, 5.41) is 10.1. The van der Waals surface area contributed by atoms with Crippen molar-refractivity contribution in [3.8, 4) is 17.1 Å². The Hall–Kier alpha value is -3.10. The van der Waals surface area contributed by atoms with E-state index in [1.54, 1.807) is 12.4 Å². The van der Waals surface area contributed by atoms with Crippen LogP contribution in [0.25, 0.3) is 17.1 Å². The lowest BCUT2D eigenvalue weighted by atomic mass is 10.2. The van der Waals surface area contributed by atoms with Crippen LogP contribution >= 0.6 is 23.5 Å². The molecule has 0 radical (unpaired) electrons. The fourth-order valence-electron chi connectivity index (χ4n) is 3.93. The van der Waals surface area contributed by atoms with Gasteiger partial charge in [0.1, 0.15) is 0 Å². The molecule has 1 amide bonds. The molecular weight excluding hydrogens is 462 g/mol. The van der Waals surface area contributed by atoms with Crippen molar-refractivity contribution in [2.24, 2.45) is 0 Å². The maximum absolute atomic E-state index is 13.4. The minimum absolute atomic E-state index is 0.0797. The molecule has 3 heterocycles. The Labute approximate surface area is 207 Å². The van der Waals surface area contributed by atoms with Gasteiger partial charge in [-0.1, -0.05) is 48.5 Å². The van der Waals surface area contributed by atoms with E-state index >= 15 is 0 Å². The van der Waals surface area contributed by atoms with Crippen LogP contribution in [0.4, 0.5) is 5.69 Å². The van der Waals surface area contributed by atoms with Crippen LogP contribution in [0, 0.1) is 6.92 Å². The summed E-state index contributed by atoms with van der Waals surface area (Å²) in [6.07, 6.45) is 4.45. The summed E-state index contributed by atoms with van der Waals surface area (Å²) in [5.41, 5.74) is 4.06. The van der Waals surface area contributed by atoms with Gasteiger partial charge in [0.15, 0.2) is 11.0 Å². The average Bonchev–Trinajstić information content (AvgIpc) is 3.20. The summed E-state index contributed by atoms with van der Waals surface area (Å²) in [5.74, 6) is 1.09. The number of rotatable bonds is 5. The summed E-state index contributed by atoms with van der Waals surface area (Å²) in [7, 11) is 0. The molecule has 1 aliphatic rings. The SMILES string of the molecule is Cc1ccc(-n2c(SCC(=O)N3CC[C@H](C)Sc4ccccc43)nnc2-c2ccncc2)cc1. The number of thioether (sulfide) groups is 2. The first kappa shape index (κ1) is 22.7. The number of nitrogens with zero attached hydrogens (tertiary/aromatic N) is 5. The lowest BCUT2D eigenvalue weighted by Gasteiger charge is -2.22.